The zero-order chi connectivity index (χ0) is 13.2. The summed E-state index contributed by atoms with van der Waals surface area (Å²) in [5.41, 5.74) is 0. The van der Waals surface area contributed by atoms with Crippen molar-refractivity contribution >= 4 is 21.6 Å². The summed E-state index contributed by atoms with van der Waals surface area (Å²) in [5.74, 6) is -0.226. The van der Waals surface area contributed by atoms with Crippen LogP contribution in [0.1, 0.15) is 12.8 Å². The number of benzene rings is 1. The lowest BCUT2D eigenvalue weighted by molar-refractivity contribution is 0.305. The highest BCUT2D eigenvalue weighted by Crippen LogP contribution is 2.27. The van der Waals surface area contributed by atoms with Crippen LogP contribution in [0, 0.1) is 17.2 Å². The Morgan fingerprint density at radius 2 is 2.11 bits per heavy atom. The summed E-state index contributed by atoms with van der Waals surface area (Å²) in [6.07, 6.45) is 1.47. The summed E-state index contributed by atoms with van der Waals surface area (Å²) >= 11 is 5.93. The summed E-state index contributed by atoms with van der Waals surface area (Å²) < 4.78 is 26.2. The maximum absolute atomic E-state index is 12.4. The molecule has 0 radical (unpaired) electrons. The first-order valence-electron chi connectivity index (χ1n) is 5.70. The van der Waals surface area contributed by atoms with E-state index in [0.29, 0.717) is 13.0 Å². The molecule has 1 aromatic rings. The molecule has 1 aliphatic rings. The van der Waals surface area contributed by atoms with Crippen molar-refractivity contribution in [2.75, 3.05) is 13.1 Å². The molecule has 1 aliphatic heterocycles. The zero-order valence-corrected chi connectivity index (χ0v) is 11.3. The van der Waals surface area contributed by atoms with E-state index in [1.54, 1.807) is 18.2 Å². The van der Waals surface area contributed by atoms with Gasteiger partial charge in [0.25, 0.3) is 0 Å². The molecule has 4 nitrogen and oxygen atoms in total. The predicted octanol–water partition coefficient (Wildman–Crippen LogP) is 2.26. The van der Waals surface area contributed by atoms with Gasteiger partial charge in [-0.15, -0.1) is 0 Å². The van der Waals surface area contributed by atoms with Crippen LogP contribution in [-0.4, -0.2) is 25.8 Å². The summed E-state index contributed by atoms with van der Waals surface area (Å²) in [7, 11) is -3.59. The van der Waals surface area contributed by atoms with Gasteiger partial charge in [-0.2, -0.15) is 9.57 Å². The second-order valence-electron chi connectivity index (χ2n) is 4.26. The number of sulfonamides is 1. The Hall–Kier alpha value is -1.09. The van der Waals surface area contributed by atoms with Gasteiger partial charge in [0.2, 0.25) is 10.0 Å². The predicted molar refractivity (Wildman–Crippen MR) is 68.5 cm³/mol. The van der Waals surface area contributed by atoms with E-state index >= 15 is 0 Å². The fraction of sp³-hybridized carbons (Fsp3) is 0.417. The number of nitriles is 1. The lowest BCUT2D eigenvalue weighted by Gasteiger charge is -2.28. The van der Waals surface area contributed by atoms with Crippen molar-refractivity contribution in [2.45, 2.75) is 17.7 Å². The molecule has 96 valence electrons. The van der Waals surface area contributed by atoms with E-state index in [9.17, 15) is 8.42 Å². The molecule has 6 heteroatoms. The average molecular weight is 285 g/mol. The van der Waals surface area contributed by atoms with Crippen molar-refractivity contribution < 1.29 is 8.42 Å². The summed E-state index contributed by atoms with van der Waals surface area (Å²) in [6, 6.07) is 8.52. The van der Waals surface area contributed by atoms with Crippen molar-refractivity contribution in [1.82, 2.24) is 4.31 Å². The number of halogens is 1. The van der Waals surface area contributed by atoms with Crippen LogP contribution in [0.5, 0.6) is 0 Å². The van der Waals surface area contributed by atoms with Crippen LogP contribution < -0.4 is 0 Å². The minimum absolute atomic E-state index is 0.116. The highest BCUT2D eigenvalue weighted by molar-refractivity contribution is 7.89. The fourth-order valence-corrected chi connectivity index (χ4v) is 4.08. The normalized spacial score (nSPS) is 21.4. The Labute approximate surface area is 112 Å². The molecule has 18 heavy (non-hydrogen) atoms. The first kappa shape index (κ1) is 13.3. The van der Waals surface area contributed by atoms with Gasteiger partial charge in [0.1, 0.15) is 4.90 Å². The van der Waals surface area contributed by atoms with E-state index in [0.717, 1.165) is 6.42 Å². The number of nitrogens with zero attached hydrogens (tertiary/aromatic N) is 2. The summed E-state index contributed by atoms with van der Waals surface area (Å²) in [4.78, 5) is 0.116. The van der Waals surface area contributed by atoms with E-state index < -0.39 is 10.0 Å². The summed E-state index contributed by atoms with van der Waals surface area (Å²) in [6.45, 7) is 0.704. The van der Waals surface area contributed by atoms with Crippen molar-refractivity contribution in [3.8, 4) is 6.07 Å². The Balaban J connectivity index is 2.32. The molecule has 0 spiro atoms. The second kappa shape index (κ2) is 5.27. The highest BCUT2D eigenvalue weighted by Gasteiger charge is 2.31. The number of piperidine rings is 1. The van der Waals surface area contributed by atoms with Crippen LogP contribution in [0.4, 0.5) is 0 Å². The van der Waals surface area contributed by atoms with E-state index in [4.69, 9.17) is 16.9 Å². The molecule has 0 aromatic heterocycles. The molecule has 0 aliphatic carbocycles. The quantitative estimate of drug-likeness (QED) is 0.837. The molecule has 1 fully saturated rings. The monoisotopic (exact) mass is 284 g/mol. The topological polar surface area (TPSA) is 61.2 Å². The van der Waals surface area contributed by atoms with Gasteiger partial charge in [-0.25, -0.2) is 8.42 Å². The van der Waals surface area contributed by atoms with E-state index in [-0.39, 0.29) is 22.4 Å². The number of hydrogen-bond acceptors (Lipinski definition) is 3. The van der Waals surface area contributed by atoms with Gasteiger partial charge in [-0.3, -0.25) is 0 Å². The minimum Gasteiger partial charge on any atom is -0.207 e. The smallest absolute Gasteiger partial charge is 0.207 e. The van der Waals surface area contributed by atoms with Gasteiger partial charge in [0, 0.05) is 13.1 Å². The number of rotatable bonds is 2. The first-order valence-corrected chi connectivity index (χ1v) is 7.52. The molecule has 1 aromatic carbocycles. The molecule has 0 saturated carbocycles. The van der Waals surface area contributed by atoms with Crippen LogP contribution in [0.2, 0.25) is 5.02 Å². The largest absolute Gasteiger partial charge is 0.244 e. The maximum atomic E-state index is 12.4. The van der Waals surface area contributed by atoms with Crippen LogP contribution in [0.15, 0.2) is 29.2 Å². The van der Waals surface area contributed by atoms with Crippen molar-refractivity contribution in [3.05, 3.63) is 29.3 Å². The third-order valence-electron chi connectivity index (χ3n) is 3.02. The minimum atomic E-state index is -3.59. The van der Waals surface area contributed by atoms with Crippen LogP contribution in [0.3, 0.4) is 0 Å². The molecule has 2 rings (SSSR count). The Morgan fingerprint density at radius 1 is 1.39 bits per heavy atom. The molecule has 1 unspecified atom stereocenters. The van der Waals surface area contributed by atoms with Crippen molar-refractivity contribution in [1.29, 1.82) is 5.26 Å². The van der Waals surface area contributed by atoms with Gasteiger partial charge in [0.05, 0.1) is 17.0 Å². The van der Waals surface area contributed by atoms with Gasteiger partial charge >= 0.3 is 0 Å². The third-order valence-corrected chi connectivity index (χ3v) is 5.39. The molecule has 1 saturated heterocycles. The molecule has 0 bridgehead atoms. The Morgan fingerprint density at radius 3 is 2.78 bits per heavy atom. The van der Waals surface area contributed by atoms with Crippen molar-refractivity contribution in [2.24, 2.45) is 5.92 Å². The van der Waals surface area contributed by atoms with E-state index in [1.165, 1.54) is 10.4 Å². The maximum Gasteiger partial charge on any atom is 0.244 e. The number of hydrogen-bond donors (Lipinski definition) is 0. The molecule has 1 atom stereocenters. The molecule has 1 heterocycles. The lowest BCUT2D eigenvalue weighted by Crippen LogP contribution is -2.39. The zero-order valence-electron chi connectivity index (χ0n) is 9.71. The van der Waals surface area contributed by atoms with E-state index in [2.05, 4.69) is 6.07 Å². The standard InChI is InChI=1S/C12H13ClN2O2S/c13-11-5-1-2-6-12(11)18(16,17)15-7-3-4-10(8-14)9-15/h1-2,5-6,10H,3-4,7,9H2. The first-order chi connectivity index (χ1) is 8.55. The lowest BCUT2D eigenvalue weighted by atomic mass is 10.0. The van der Waals surface area contributed by atoms with Gasteiger partial charge in [-0.05, 0) is 25.0 Å². The second-order valence-corrected chi connectivity index (χ2v) is 6.58. The molecule has 0 N–H and O–H groups in total. The average Bonchev–Trinajstić information content (AvgIpc) is 2.39. The molecule has 0 amide bonds. The highest BCUT2D eigenvalue weighted by atomic mass is 35.5. The van der Waals surface area contributed by atoms with Crippen LogP contribution >= 0.6 is 11.6 Å². The molecular formula is C12H13ClN2O2S. The SMILES string of the molecule is N#CC1CCCN(S(=O)(=O)c2ccccc2Cl)C1. The van der Waals surface area contributed by atoms with Crippen LogP contribution in [0.25, 0.3) is 0 Å². The van der Waals surface area contributed by atoms with Crippen molar-refractivity contribution in [3.63, 3.8) is 0 Å². The Bertz CT molecular complexity index is 580. The van der Waals surface area contributed by atoms with Gasteiger partial charge < -0.3 is 0 Å². The Kier molecular flexibility index (Phi) is 3.91. The van der Waals surface area contributed by atoms with Crippen LogP contribution in [-0.2, 0) is 10.0 Å². The van der Waals surface area contributed by atoms with Gasteiger partial charge in [-0.1, -0.05) is 23.7 Å². The van der Waals surface area contributed by atoms with E-state index in [1.807, 2.05) is 0 Å². The summed E-state index contributed by atoms with van der Waals surface area (Å²) in [5, 5.41) is 9.12. The molecular weight excluding hydrogens is 272 g/mol. The fourth-order valence-electron chi connectivity index (χ4n) is 2.06. The van der Waals surface area contributed by atoms with Gasteiger partial charge in [0.15, 0.2) is 0 Å². The third kappa shape index (κ3) is 2.51.